The fraction of sp³-hybridized carbons (Fsp3) is 0.512. The number of fused-ring (bicyclic) bond motifs is 1. The summed E-state index contributed by atoms with van der Waals surface area (Å²) in [5.74, 6) is -0.454. The average molecular weight is 746 g/mol. The van der Waals surface area contributed by atoms with Crippen LogP contribution < -0.4 is 10.6 Å². The zero-order valence-electron chi connectivity index (χ0n) is 32.4. The van der Waals surface area contributed by atoms with E-state index in [1.807, 2.05) is 93.6 Å². The number of aliphatic hydroxyl groups is 1. The summed E-state index contributed by atoms with van der Waals surface area (Å²) in [4.78, 5) is 45.2. The summed E-state index contributed by atoms with van der Waals surface area (Å²) in [6.45, 7) is 11.8. The van der Waals surface area contributed by atoms with Gasteiger partial charge in [-0.15, -0.1) is 0 Å². The number of hydrogen-bond acceptors (Lipinski definition) is 10. The van der Waals surface area contributed by atoms with Crippen molar-refractivity contribution < 1.29 is 38.4 Å². The molecular formula is C41H55N5O8. The molecule has 2 aromatic carbocycles. The van der Waals surface area contributed by atoms with Gasteiger partial charge in [0.1, 0.15) is 17.7 Å². The van der Waals surface area contributed by atoms with Gasteiger partial charge in [0.15, 0.2) is 6.29 Å². The average Bonchev–Trinajstić information content (AvgIpc) is 3.74. The van der Waals surface area contributed by atoms with Crippen LogP contribution >= 0.6 is 0 Å². The molecular weight excluding hydrogens is 690 g/mol. The van der Waals surface area contributed by atoms with Crippen LogP contribution in [0.3, 0.4) is 0 Å². The van der Waals surface area contributed by atoms with Crippen LogP contribution in [0.15, 0.2) is 79.0 Å². The van der Waals surface area contributed by atoms with E-state index in [-0.39, 0.29) is 31.9 Å². The van der Waals surface area contributed by atoms with E-state index >= 15 is 0 Å². The highest BCUT2D eigenvalue weighted by Crippen LogP contribution is 2.33. The number of alkyl carbamates (subject to hydrolysis) is 2. The zero-order valence-corrected chi connectivity index (χ0v) is 32.4. The van der Waals surface area contributed by atoms with Gasteiger partial charge in [-0.3, -0.25) is 14.8 Å². The molecule has 0 bridgehead atoms. The van der Waals surface area contributed by atoms with Crippen molar-refractivity contribution in [3.8, 4) is 11.3 Å². The Kier molecular flexibility index (Phi) is 13.3. The Morgan fingerprint density at radius 1 is 0.907 bits per heavy atom. The van der Waals surface area contributed by atoms with Gasteiger partial charge in [-0.05, 0) is 62.3 Å². The van der Waals surface area contributed by atoms with Crippen molar-refractivity contribution in [3.05, 3.63) is 90.1 Å². The number of amides is 3. The quantitative estimate of drug-likeness (QED) is 0.196. The van der Waals surface area contributed by atoms with Crippen LogP contribution in [0.4, 0.5) is 9.59 Å². The molecule has 13 nitrogen and oxygen atoms in total. The first kappa shape index (κ1) is 40.6. The number of aliphatic hydroxyl groups excluding tert-OH is 1. The van der Waals surface area contributed by atoms with Crippen molar-refractivity contribution in [2.24, 2.45) is 11.3 Å². The first-order valence-corrected chi connectivity index (χ1v) is 18.5. The number of nitrogens with one attached hydrogen (secondary N) is 2. The molecule has 0 aliphatic carbocycles. The van der Waals surface area contributed by atoms with Crippen molar-refractivity contribution >= 4 is 18.1 Å². The second-order valence-corrected chi connectivity index (χ2v) is 16.0. The van der Waals surface area contributed by atoms with Crippen molar-refractivity contribution in [3.63, 3.8) is 0 Å². The molecule has 6 atom stereocenters. The van der Waals surface area contributed by atoms with Crippen molar-refractivity contribution in [2.75, 3.05) is 26.8 Å². The summed E-state index contributed by atoms with van der Waals surface area (Å²) in [6, 6.07) is 21.3. The van der Waals surface area contributed by atoms with E-state index in [1.165, 1.54) is 5.01 Å². The molecule has 0 unspecified atom stereocenters. The number of rotatable bonds is 13. The number of benzene rings is 2. The van der Waals surface area contributed by atoms with Gasteiger partial charge in [0.2, 0.25) is 0 Å². The van der Waals surface area contributed by atoms with Gasteiger partial charge in [-0.1, -0.05) is 81.4 Å². The van der Waals surface area contributed by atoms with Gasteiger partial charge >= 0.3 is 12.2 Å². The minimum Gasteiger partial charge on any atom is -0.444 e. The van der Waals surface area contributed by atoms with Gasteiger partial charge < -0.3 is 34.7 Å². The van der Waals surface area contributed by atoms with Gasteiger partial charge in [-0.2, -0.15) is 0 Å². The molecule has 0 radical (unpaired) electrons. The Morgan fingerprint density at radius 3 is 2.26 bits per heavy atom. The second-order valence-electron chi connectivity index (χ2n) is 16.0. The van der Waals surface area contributed by atoms with E-state index in [2.05, 4.69) is 15.6 Å². The van der Waals surface area contributed by atoms with Crippen LogP contribution in [0, 0.1) is 11.3 Å². The van der Waals surface area contributed by atoms with E-state index in [0.717, 1.165) is 28.8 Å². The topological polar surface area (TPSA) is 152 Å². The Hall–Kier alpha value is -4.56. The third-order valence-electron chi connectivity index (χ3n) is 9.50. The third kappa shape index (κ3) is 11.2. The highest BCUT2D eigenvalue weighted by Gasteiger charge is 2.44. The molecule has 3 heterocycles. The highest BCUT2D eigenvalue weighted by atomic mass is 16.7. The normalized spacial score (nSPS) is 20.1. The molecule has 2 fully saturated rings. The fourth-order valence-corrected chi connectivity index (χ4v) is 6.58. The number of carbonyl (C=O) groups is 3. The Balaban J connectivity index is 1.40. The maximum absolute atomic E-state index is 14.4. The molecule has 1 aromatic heterocycles. The van der Waals surface area contributed by atoms with E-state index in [9.17, 15) is 19.5 Å². The van der Waals surface area contributed by atoms with E-state index in [4.69, 9.17) is 18.9 Å². The lowest BCUT2D eigenvalue weighted by molar-refractivity contribution is -0.154. The molecule has 292 valence electrons. The Morgan fingerprint density at radius 2 is 1.61 bits per heavy atom. The smallest absolute Gasteiger partial charge is 0.408 e. The maximum atomic E-state index is 14.4. The van der Waals surface area contributed by atoms with Crippen LogP contribution in [0.1, 0.15) is 59.1 Å². The number of pyridine rings is 1. The molecule has 3 aromatic rings. The lowest BCUT2D eigenvalue weighted by atomic mass is 9.86. The fourth-order valence-electron chi connectivity index (χ4n) is 6.58. The predicted octanol–water partition coefficient (Wildman–Crippen LogP) is 5.32. The minimum absolute atomic E-state index is 0.0440. The minimum atomic E-state index is -1.17. The van der Waals surface area contributed by atoms with E-state index < -0.39 is 53.4 Å². The standard InChI is InChI=1S/C41H55N5O8/c1-40(2,3)35(44-39(50)54-41(4,5)6)36(48)45(7)46(24-28-16-18-29(19-17-28)31-15-11-12-21-42-31)25-33(47)32(23-27-13-9-8-10-14-27)43-38(49)53-34-26-52-37-30(34)20-22-51-37/h8-19,21,30,32-35,37,47H,20,22-26H2,1-7H3,(H,43,49)(H,44,50)/t30-,32-,33-,34-,35+,37+/m0/s1. The maximum Gasteiger partial charge on any atom is 0.408 e. The van der Waals surface area contributed by atoms with Gasteiger partial charge in [0.05, 0.1) is 37.0 Å². The van der Waals surface area contributed by atoms with Gasteiger partial charge in [-0.25, -0.2) is 14.6 Å². The molecule has 2 aliphatic heterocycles. The molecule has 5 rings (SSSR count). The summed E-state index contributed by atoms with van der Waals surface area (Å²) in [5, 5.41) is 20.8. The van der Waals surface area contributed by atoms with Crippen molar-refractivity contribution in [2.45, 2.75) is 97.1 Å². The van der Waals surface area contributed by atoms with Gasteiger partial charge in [0, 0.05) is 31.9 Å². The zero-order chi connectivity index (χ0) is 39.0. The molecule has 2 aliphatic rings. The number of hydrazine groups is 1. The lowest BCUT2D eigenvalue weighted by Crippen LogP contribution is -2.60. The van der Waals surface area contributed by atoms with Crippen LogP contribution in [0.25, 0.3) is 11.3 Å². The van der Waals surface area contributed by atoms with Crippen LogP contribution in [0.5, 0.6) is 0 Å². The van der Waals surface area contributed by atoms with Crippen LogP contribution in [0.2, 0.25) is 0 Å². The highest BCUT2D eigenvalue weighted by molar-refractivity contribution is 5.86. The van der Waals surface area contributed by atoms with E-state index in [0.29, 0.717) is 13.0 Å². The number of carbonyl (C=O) groups excluding carboxylic acids is 3. The summed E-state index contributed by atoms with van der Waals surface area (Å²) in [5.41, 5.74) is 2.04. The van der Waals surface area contributed by atoms with Crippen LogP contribution in [-0.4, -0.2) is 101 Å². The first-order valence-electron chi connectivity index (χ1n) is 18.5. The SMILES string of the molecule is CN(C(=O)[C@@H](NC(=O)OC(C)(C)C)C(C)(C)C)N(Cc1ccc(-c2ccccn2)cc1)C[C@H](O)[C@H](Cc1ccccc1)NC(=O)O[C@H]1CO[C@H]2OCC[C@H]21. The molecule has 3 N–H and O–H groups in total. The second kappa shape index (κ2) is 17.7. The molecule has 0 spiro atoms. The summed E-state index contributed by atoms with van der Waals surface area (Å²) < 4.78 is 22.6. The first-order chi connectivity index (χ1) is 25.6. The van der Waals surface area contributed by atoms with Crippen molar-refractivity contribution in [1.29, 1.82) is 0 Å². The lowest BCUT2D eigenvalue weighted by Gasteiger charge is -2.40. The molecule has 54 heavy (non-hydrogen) atoms. The Bertz CT molecular complexity index is 1680. The number of nitrogens with zero attached hydrogens (tertiary/aromatic N) is 3. The van der Waals surface area contributed by atoms with Crippen LogP contribution in [-0.2, 0) is 36.7 Å². The predicted molar refractivity (Wildman–Crippen MR) is 203 cm³/mol. The van der Waals surface area contributed by atoms with Crippen molar-refractivity contribution in [1.82, 2.24) is 25.6 Å². The summed E-state index contributed by atoms with van der Waals surface area (Å²) in [7, 11) is 1.61. The summed E-state index contributed by atoms with van der Waals surface area (Å²) in [6.07, 6.45) is -0.641. The molecule has 13 heteroatoms. The Labute approximate surface area is 318 Å². The van der Waals surface area contributed by atoms with Gasteiger partial charge in [0.25, 0.3) is 5.91 Å². The number of aromatic nitrogens is 1. The number of hydrogen-bond donors (Lipinski definition) is 3. The molecule has 0 saturated carbocycles. The number of ether oxygens (including phenoxy) is 4. The molecule has 3 amide bonds. The largest absolute Gasteiger partial charge is 0.444 e. The molecule has 2 saturated heterocycles. The summed E-state index contributed by atoms with van der Waals surface area (Å²) >= 11 is 0. The number of likely N-dealkylation sites (N-methyl/N-ethyl adjacent to an activating group) is 1. The monoisotopic (exact) mass is 745 g/mol. The third-order valence-corrected chi connectivity index (χ3v) is 9.50. The van der Waals surface area contributed by atoms with E-state index in [1.54, 1.807) is 39.0 Å².